The molecule has 0 spiro atoms. The number of aryl methyl sites for hydroxylation is 2. The van der Waals surface area contributed by atoms with E-state index in [2.05, 4.69) is 35.8 Å². The summed E-state index contributed by atoms with van der Waals surface area (Å²) in [6.07, 6.45) is 7.34. The Hall–Kier alpha value is -1.76. The van der Waals surface area contributed by atoms with Crippen LogP contribution in [0.25, 0.3) is 0 Å². The zero-order valence-corrected chi connectivity index (χ0v) is 14.6. The van der Waals surface area contributed by atoms with Crippen molar-refractivity contribution in [1.82, 2.24) is 19.6 Å². The minimum Gasteiger partial charge on any atom is -0.360 e. The van der Waals surface area contributed by atoms with Crippen molar-refractivity contribution in [1.29, 1.82) is 0 Å². The third-order valence-electron chi connectivity index (χ3n) is 5.54. The number of hydrogen-bond donors (Lipinski definition) is 1. The molecule has 3 aliphatic rings. The van der Waals surface area contributed by atoms with Crippen LogP contribution >= 0.6 is 11.5 Å². The maximum Gasteiger partial charge on any atom is 0.202 e. The van der Waals surface area contributed by atoms with Gasteiger partial charge in [-0.2, -0.15) is 9.47 Å². The second-order valence-electron chi connectivity index (χ2n) is 7.27. The Labute approximate surface area is 145 Å². The van der Waals surface area contributed by atoms with E-state index >= 15 is 0 Å². The Kier molecular flexibility index (Phi) is 3.61. The van der Waals surface area contributed by atoms with Gasteiger partial charge < -0.3 is 10.2 Å². The average Bonchev–Trinajstić information content (AvgIpc) is 3.12. The van der Waals surface area contributed by atoms with Gasteiger partial charge in [-0.05, 0) is 43.7 Å². The zero-order valence-electron chi connectivity index (χ0n) is 13.7. The highest BCUT2D eigenvalue weighted by atomic mass is 32.1. The molecule has 6 nitrogen and oxygen atoms in total. The molecule has 0 aromatic carbocycles. The quantitative estimate of drug-likeness (QED) is 0.901. The van der Waals surface area contributed by atoms with Crippen LogP contribution < -0.4 is 10.2 Å². The number of nitrogens with zero attached hydrogens (tertiary/aromatic N) is 5. The molecule has 7 heteroatoms. The first-order valence-electron chi connectivity index (χ1n) is 9.03. The lowest BCUT2D eigenvalue weighted by atomic mass is 9.85. The monoisotopic (exact) mass is 342 g/mol. The van der Waals surface area contributed by atoms with Crippen LogP contribution in [0, 0.1) is 5.92 Å². The molecule has 1 saturated heterocycles. The molecule has 2 aromatic heterocycles. The number of rotatable bonds is 5. The second-order valence-corrected chi connectivity index (χ2v) is 8.02. The maximum atomic E-state index is 4.64. The highest BCUT2D eigenvalue weighted by Crippen LogP contribution is 2.35. The van der Waals surface area contributed by atoms with E-state index in [1.807, 2.05) is 0 Å². The molecule has 126 valence electrons. The topological polar surface area (TPSA) is 66.8 Å². The smallest absolute Gasteiger partial charge is 0.202 e. The lowest BCUT2D eigenvalue weighted by molar-refractivity contribution is 0.404. The van der Waals surface area contributed by atoms with Crippen molar-refractivity contribution in [3.63, 3.8) is 0 Å². The summed E-state index contributed by atoms with van der Waals surface area (Å²) in [7, 11) is 0. The summed E-state index contributed by atoms with van der Waals surface area (Å²) in [4.78, 5) is 6.97. The Morgan fingerprint density at radius 3 is 2.92 bits per heavy atom. The van der Waals surface area contributed by atoms with Crippen LogP contribution in [-0.4, -0.2) is 39.2 Å². The third-order valence-corrected chi connectivity index (χ3v) is 6.23. The van der Waals surface area contributed by atoms with Gasteiger partial charge in [-0.3, -0.25) is 0 Å². The molecule has 3 heterocycles. The van der Waals surface area contributed by atoms with Gasteiger partial charge in [0.2, 0.25) is 5.13 Å². The molecule has 24 heavy (non-hydrogen) atoms. The van der Waals surface area contributed by atoms with Gasteiger partial charge >= 0.3 is 0 Å². The molecule has 2 aliphatic carbocycles. The first-order chi connectivity index (χ1) is 11.8. The molecular weight excluding hydrogens is 320 g/mol. The van der Waals surface area contributed by atoms with Gasteiger partial charge in [0.15, 0.2) is 5.82 Å². The number of fused-ring (bicyclic) bond motifs is 1. The molecule has 1 saturated carbocycles. The van der Waals surface area contributed by atoms with Crippen LogP contribution in [0.15, 0.2) is 6.07 Å². The first kappa shape index (κ1) is 14.6. The standard InChI is InChI=1S/C17H22N6S/c1-3-12(4-1)16-19-17(24-22-16)18-8-11-9-23(10-11)15-7-13-5-2-6-14(13)20-21-15/h7,11-12H,1-6,8-10H2,(H,18,19,22). The van der Waals surface area contributed by atoms with E-state index in [-0.39, 0.29) is 0 Å². The van der Waals surface area contributed by atoms with Gasteiger partial charge in [-0.25, -0.2) is 4.98 Å². The van der Waals surface area contributed by atoms with Crippen LogP contribution in [0.5, 0.6) is 0 Å². The normalized spacial score (nSPS) is 20.6. The van der Waals surface area contributed by atoms with Gasteiger partial charge in [0, 0.05) is 43.0 Å². The summed E-state index contributed by atoms with van der Waals surface area (Å²) in [5.41, 5.74) is 2.61. The number of anilines is 2. The van der Waals surface area contributed by atoms with Crippen molar-refractivity contribution in [3.05, 3.63) is 23.1 Å². The molecule has 2 aromatic rings. The predicted octanol–water partition coefficient (Wildman–Crippen LogP) is 2.63. The van der Waals surface area contributed by atoms with Crippen LogP contribution in [0.2, 0.25) is 0 Å². The second kappa shape index (κ2) is 5.95. The molecule has 5 rings (SSSR count). The summed E-state index contributed by atoms with van der Waals surface area (Å²) in [6.45, 7) is 3.07. The molecule has 1 N–H and O–H groups in total. The predicted molar refractivity (Wildman–Crippen MR) is 94.8 cm³/mol. The lowest BCUT2D eigenvalue weighted by Crippen LogP contribution is -2.50. The van der Waals surface area contributed by atoms with E-state index in [4.69, 9.17) is 0 Å². The summed E-state index contributed by atoms with van der Waals surface area (Å²) in [5, 5.41) is 13.2. The van der Waals surface area contributed by atoms with Crippen molar-refractivity contribution in [3.8, 4) is 0 Å². The molecule has 0 amide bonds. The molecule has 1 aliphatic heterocycles. The third kappa shape index (κ3) is 2.64. The van der Waals surface area contributed by atoms with Gasteiger partial charge in [0.25, 0.3) is 0 Å². The van der Waals surface area contributed by atoms with Crippen molar-refractivity contribution in [2.75, 3.05) is 29.9 Å². The fourth-order valence-corrected chi connectivity index (χ4v) is 4.38. The maximum absolute atomic E-state index is 4.64. The molecule has 0 atom stereocenters. The Bertz CT molecular complexity index is 734. The van der Waals surface area contributed by atoms with E-state index in [1.54, 1.807) is 0 Å². The van der Waals surface area contributed by atoms with Crippen molar-refractivity contribution in [2.45, 2.75) is 44.4 Å². The first-order valence-corrected chi connectivity index (χ1v) is 9.80. The number of nitrogens with one attached hydrogen (secondary N) is 1. The molecule has 2 fully saturated rings. The fraction of sp³-hybridized carbons (Fsp3) is 0.647. The summed E-state index contributed by atoms with van der Waals surface area (Å²) >= 11 is 1.51. The fourth-order valence-electron chi connectivity index (χ4n) is 3.73. The Morgan fingerprint density at radius 1 is 1.17 bits per heavy atom. The van der Waals surface area contributed by atoms with Gasteiger partial charge in [0.1, 0.15) is 5.82 Å². The summed E-state index contributed by atoms with van der Waals surface area (Å²) in [5.74, 6) is 3.37. The number of aromatic nitrogens is 4. The van der Waals surface area contributed by atoms with E-state index in [0.717, 1.165) is 49.2 Å². The van der Waals surface area contributed by atoms with Crippen molar-refractivity contribution < 1.29 is 0 Å². The molecular formula is C17H22N6S. The SMILES string of the molecule is c1c(N2CC(CNc3nc(C4CCC4)ns3)C2)nnc2c1CCC2. The van der Waals surface area contributed by atoms with Gasteiger partial charge in [0.05, 0.1) is 5.69 Å². The largest absolute Gasteiger partial charge is 0.360 e. The zero-order chi connectivity index (χ0) is 15.9. The number of hydrogen-bond acceptors (Lipinski definition) is 7. The minimum atomic E-state index is 0.620. The van der Waals surface area contributed by atoms with Gasteiger partial charge in [-0.15, -0.1) is 5.10 Å². The highest BCUT2D eigenvalue weighted by Gasteiger charge is 2.29. The van der Waals surface area contributed by atoms with Crippen molar-refractivity contribution >= 4 is 22.5 Å². The van der Waals surface area contributed by atoms with Crippen LogP contribution in [0.3, 0.4) is 0 Å². The molecule has 0 bridgehead atoms. The van der Waals surface area contributed by atoms with E-state index in [0.29, 0.717) is 11.8 Å². The highest BCUT2D eigenvalue weighted by molar-refractivity contribution is 7.09. The summed E-state index contributed by atoms with van der Waals surface area (Å²) in [6, 6.07) is 2.24. The van der Waals surface area contributed by atoms with Crippen LogP contribution in [0.4, 0.5) is 10.9 Å². The van der Waals surface area contributed by atoms with Gasteiger partial charge in [-0.1, -0.05) is 6.42 Å². The Morgan fingerprint density at radius 2 is 2.08 bits per heavy atom. The van der Waals surface area contributed by atoms with E-state index in [1.165, 1.54) is 48.5 Å². The van der Waals surface area contributed by atoms with E-state index in [9.17, 15) is 0 Å². The Balaban J connectivity index is 1.12. The van der Waals surface area contributed by atoms with Crippen LogP contribution in [0.1, 0.15) is 48.7 Å². The summed E-state index contributed by atoms with van der Waals surface area (Å²) < 4.78 is 4.50. The van der Waals surface area contributed by atoms with E-state index < -0.39 is 0 Å². The lowest BCUT2D eigenvalue weighted by Gasteiger charge is -2.40. The molecule has 0 radical (unpaired) electrons. The van der Waals surface area contributed by atoms with Crippen LogP contribution in [-0.2, 0) is 12.8 Å². The minimum absolute atomic E-state index is 0.620. The van der Waals surface area contributed by atoms with Crippen molar-refractivity contribution in [2.24, 2.45) is 5.92 Å². The average molecular weight is 342 g/mol. The molecule has 0 unspecified atom stereocenters.